The Bertz CT molecular complexity index is 798. The van der Waals surface area contributed by atoms with Gasteiger partial charge in [-0.1, -0.05) is 0 Å². The fourth-order valence-corrected chi connectivity index (χ4v) is 5.77. The van der Waals surface area contributed by atoms with Crippen LogP contribution < -0.4 is 9.67 Å². The van der Waals surface area contributed by atoms with Crippen molar-refractivity contribution in [1.82, 2.24) is 0 Å². The number of halogens is 3. The number of nitrogens with one attached hydrogen (secondary N) is 1. The fraction of sp³-hybridized carbons (Fsp3) is 0.529. The van der Waals surface area contributed by atoms with E-state index in [4.69, 9.17) is 0 Å². The molecule has 0 saturated heterocycles. The Hall–Kier alpha value is -1.93. The topological polar surface area (TPSA) is 113 Å². The summed E-state index contributed by atoms with van der Waals surface area (Å²) in [6.45, 7) is 1.13. The van der Waals surface area contributed by atoms with E-state index in [1.807, 2.05) is 0 Å². The molecule has 1 aliphatic carbocycles. The number of phenolic OH excluding ortho intramolecular Hbond substituents is 1. The van der Waals surface area contributed by atoms with Gasteiger partial charge in [0.1, 0.15) is 0 Å². The third-order valence-corrected chi connectivity index (χ3v) is 7.62. The average Bonchev–Trinajstić information content (AvgIpc) is 2.52. The molecule has 7 nitrogen and oxygen atoms in total. The molecule has 3 N–H and O–H groups in total. The molecule has 2 rings (SSSR count). The molecular formula is C17H21AsF3NO6. The standard InChI is InChI=1S/C17H21AsF3NO6/c1-10(23)22-15-9-12(24)6-7-14(15)18(26,27)28-16(25)8-11-4-2-3-5-13(11)17(19,20)21/h6-7,9,11,13,24H,2-5,8H2,1H3,(H,22,23)(H,26,27). The normalized spacial score (nSPS) is 22.2. The van der Waals surface area contributed by atoms with Gasteiger partial charge in [-0.2, -0.15) is 0 Å². The van der Waals surface area contributed by atoms with E-state index < -0.39 is 54.8 Å². The summed E-state index contributed by atoms with van der Waals surface area (Å²) in [6, 6.07) is 3.10. The van der Waals surface area contributed by atoms with Gasteiger partial charge in [-0.05, 0) is 0 Å². The van der Waals surface area contributed by atoms with Crippen molar-refractivity contribution in [2.45, 2.75) is 45.2 Å². The molecule has 3 atom stereocenters. The predicted octanol–water partition coefficient (Wildman–Crippen LogP) is 2.22. The number of alkyl halides is 3. The summed E-state index contributed by atoms with van der Waals surface area (Å²) < 4.78 is 66.5. The first-order valence-corrected chi connectivity index (χ1v) is 11.9. The van der Waals surface area contributed by atoms with Gasteiger partial charge in [0.25, 0.3) is 0 Å². The van der Waals surface area contributed by atoms with Crippen molar-refractivity contribution in [3.8, 4) is 5.75 Å². The molecule has 1 amide bonds. The second-order valence-corrected chi connectivity index (χ2v) is 10.3. The molecule has 3 unspecified atom stereocenters. The molecule has 1 saturated carbocycles. The number of phenols is 1. The Labute approximate surface area is 162 Å². The van der Waals surface area contributed by atoms with Crippen LogP contribution in [0.15, 0.2) is 18.2 Å². The predicted molar refractivity (Wildman–Crippen MR) is 92.9 cm³/mol. The molecule has 1 aromatic carbocycles. The van der Waals surface area contributed by atoms with E-state index in [9.17, 15) is 35.7 Å². The van der Waals surface area contributed by atoms with Crippen LogP contribution in [0.3, 0.4) is 0 Å². The van der Waals surface area contributed by atoms with Gasteiger partial charge in [0.15, 0.2) is 0 Å². The van der Waals surface area contributed by atoms with Crippen LogP contribution in [-0.4, -0.2) is 41.4 Å². The second-order valence-electron chi connectivity index (χ2n) is 6.76. The molecule has 0 heterocycles. The fourth-order valence-electron chi connectivity index (χ4n) is 3.38. The third kappa shape index (κ3) is 5.78. The van der Waals surface area contributed by atoms with Crippen LogP contribution in [0, 0.1) is 11.8 Å². The minimum absolute atomic E-state index is 0.0894. The maximum absolute atomic E-state index is 13.1. The molecule has 0 spiro atoms. The van der Waals surface area contributed by atoms with Gasteiger partial charge in [-0.15, -0.1) is 0 Å². The van der Waals surface area contributed by atoms with Crippen molar-refractivity contribution in [3.63, 3.8) is 0 Å². The summed E-state index contributed by atoms with van der Waals surface area (Å²) in [5.41, 5.74) is -0.212. The molecule has 11 heteroatoms. The van der Waals surface area contributed by atoms with Crippen molar-refractivity contribution < 1.29 is 39.4 Å². The van der Waals surface area contributed by atoms with Crippen LogP contribution in [0.4, 0.5) is 18.9 Å². The van der Waals surface area contributed by atoms with E-state index in [1.54, 1.807) is 0 Å². The second kappa shape index (κ2) is 8.61. The molecule has 1 fully saturated rings. The van der Waals surface area contributed by atoms with Crippen molar-refractivity contribution in [1.29, 1.82) is 0 Å². The summed E-state index contributed by atoms with van der Waals surface area (Å²) in [7, 11) is 0. The molecule has 0 aliphatic heterocycles. The van der Waals surface area contributed by atoms with E-state index in [0.29, 0.717) is 12.8 Å². The number of anilines is 1. The Kier molecular flexibility index (Phi) is 6.88. The molecule has 0 aromatic heterocycles. The average molecular weight is 467 g/mol. The third-order valence-electron chi connectivity index (χ3n) is 4.58. The van der Waals surface area contributed by atoms with Crippen LogP contribution in [0.5, 0.6) is 5.75 Å². The minimum atomic E-state index is -5.54. The first kappa shape index (κ1) is 22.4. The van der Waals surface area contributed by atoms with Crippen LogP contribution in [0.25, 0.3) is 0 Å². The molecular weight excluding hydrogens is 446 g/mol. The van der Waals surface area contributed by atoms with Gasteiger partial charge >= 0.3 is 162 Å². The van der Waals surface area contributed by atoms with Crippen LogP contribution >= 0.6 is 0 Å². The molecule has 0 radical (unpaired) electrons. The first-order valence-electron chi connectivity index (χ1n) is 8.63. The van der Waals surface area contributed by atoms with Gasteiger partial charge < -0.3 is 0 Å². The van der Waals surface area contributed by atoms with E-state index in [0.717, 1.165) is 25.1 Å². The van der Waals surface area contributed by atoms with Crippen LogP contribution in [0.2, 0.25) is 0 Å². The van der Waals surface area contributed by atoms with E-state index in [-0.39, 0.29) is 24.3 Å². The Balaban J connectivity index is 2.16. The summed E-state index contributed by atoms with van der Waals surface area (Å²) in [4.78, 5) is 23.4. The number of carbonyl (C=O) groups excluding carboxylic acids is 2. The van der Waals surface area contributed by atoms with Gasteiger partial charge in [-0.3, -0.25) is 0 Å². The number of aromatic hydroxyl groups is 1. The van der Waals surface area contributed by atoms with E-state index in [2.05, 4.69) is 9.04 Å². The summed E-state index contributed by atoms with van der Waals surface area (Å²) >= 11 is -5.54. The Morgan fingerprint density at radius 3 is 2.54 bits per heavy atom. The van der Waals surface area contributed by atoms with Crippen molar-refractivity contribution >= 4 is 36.1 Å². The summed E-state index contributed by atoms with van der Waals surface area (Å²) in [5, 5.41) is 11.7. The molecule has 1 aromatic rings. The Morgan fingerprint density at radius 1 is 1.29 bits per heavy atom. The van der Waals surface area contributed by atoms with Crippen molar-refractivity contribution in [2.24, 2.45) is 11.8 Å². The zero-order chi connectivity index (χ0) is 21.1. The van der Waals surface area contributed by atoms with Crippen LogP contribution in [-0.2, 0) is 17.1 Å². The van der Waals surface area contributed by atoms with E-state index >= 15 is 0 Å². The van der Waals surface area contributed by atoms with Gasteiger partial charge in [0, 0.05) is 0 Å². The van der Waals surface area contributed by atoms with Gasteiger partial charge in [0.05, 0.1) is 0 Å². The zero-order valence-electron chi connectivity index (χ0n) is 15.0. The quantitative estimate of drug-likeness (QED) is 0.573. The SMILES string of the molecule is CC(=O)Nc1cc(O)ccc1[As](=O)(O)OC(=O)CC1CCCCC1C(F)(F)F. The molecule has 156 valence electrons. The number of benzene rings is 1. The number of carbonyl (C=O) groups is 2. The molecule has 0 bridgehead atoms. The maximum atomic E-state index is 13.1. The number of amides is 1. The van der Waals surface area contributed by atoms with Crippen molar-refractivity contribution in [2.75, 3.05) is 5.32 Å². The monoisotopic (exact) mass is 467 g/mol. The van der Waals surface area contributed by atoms with E-state index in [1.165, 1.54) is 0 Å². The van der Waals surface area contributed by atoms with Gasteiger partial charge in [0.2, 0.25) is 0 Å². The van der Waals surface area contributed by atoms with Crippen LogP contribution in [0.1, 0.15) is 39.0 Å². The summed E-state index contributed by atoms with van der Waals surface area (Å²) in [5.74, 6) is -4.75. The van der Waals surface area contributed by atoms with Crippen molar-refractivity contribution in [3.05, 3.63) is 18.2 Å². The number of hydrogen-bond donors (Lipinski definition) is 3. The summed E-state index contributed by atoms with van der Waals surface area (Å²) in [6.07, 6.45) is -4.03. The Morgan fingerprint density at radius 2 is 1.93 bits per heavy atom. The first-order chi connectivity index (χ1) is 12.9. The zero-order valence-corrected chi connectivity index (χ0v) is 16.9. The molecule has 1 aliphatic rings. The molecule has 28 heavy (non-hydrogen) atoms. The number of hydrogen-bond acceptors (Lipinski definition) is 5. The van der Waals surface area contributed by atoms with Gasteiger partial charge in [-0.25, -0.2) is 0 Å². The number of rotatable bonds is 5.